The molecule has 92 valence electrons. The van der Waals surface area contributed by atoms with Crippen LogP contribution in [0.15, 0.2) is 22.7 Å². The molecule has 0 spiro atoms. The van der Waals surface area contributed by atoms with Crippen molar-refractivity contribution in [3.63, 3.8) is 0 Å². The van der Waals surface area contributed by atoms with Crippen LogP contribution in [0.25, 0.3) is 0 Å². The highest BCUT2D eigenvalue weighted by molar-refractivity contribution is 9.10. The Morgan fingerprint density at radius 3 is 2.94 bits per heavy atom. The number of aldehydes is 1. The van der Waals surface area contributed by atoms with Crippen molar-refractivity contribution in [3.8, 4) is 0 Å². The van der Waals surface area contributed by atoms with Crippen LogP contribution in [-0.2, 0) is 4.79 Å². The highest BCUT2D eigenvalue weighted by Crippen LogP contribution is 2.34. The molecule has 0 radical (unpaired) electrons. The van der Waals surface area contributed by atoms with Gasteiger partial charge in [0.05, 0.1) is 6.04 Å². The molecule has 5 heteroatoms. The minimum atomic E-state index is -0.328. The Kier molecular flexibility index (Phi) is 3.91. The van der Waals surface area contributed by atoms with E-state index in [4.69, 9.17) is 5.84 Å². The SMILES string of the molecule is NN1CCCC(c2ccc(F)cc2Br)C1C=O. The highest BCUT2D eigenvalue weighted by atomic mass is 79.9. The summed E-state index contributed by atoms with van der Waals surface area (Å²) in [6, 6.07) is 4.23. The molecule has 0 aromatic heterocycles. The molecular formula is C12H14BrFN2O. The second-order valence-corrected chi connectivity index (χ2v) is 5.13. The molecule has 1 fully saturated rings. The Hall–Kier alpha value is -0.780. The van der Waals surface area contributed by atoms with Crippen molar-refractivity contribution in [2.24, 2.45) is 5.84 Å². The summed E-state index contributed by atoms with van der Waals surface area (Å²) in [6.07, 6.45) is 2.70. The Bertz CT molecular complexity index is 427. The van der Waals surface area contributed by atoms with E-state index in [1.165, 1.54) is 12.1 Å². The van der Waals surface area contributed by atoms with E-state index in [0.717, 1.165) is 31.2 Å². The zero-order valence-corrected chi connectivity index (χ0v) is 10.9. The number of halogens is 2. The van der Waals surface area contributed by atoms with Gasteiger partial charge in [0.2, 0.25) is 0 Å². The number of carbonyl (C=O) groups excluding carboxylic acids is 1. The normalized spacial score (nSPS) is 25.8. The minimum Gasteiger partial charge on any atom is -0.302 e. The number of hydrazine groups is 1. The summed E-state index contributed by atoms with van der Waals surface area (Å²) in [4.78, 5) is 11.1. The molecule has 0 saturated carbocycles. The maximum atomic E-state index is 13.0. The number of nitrogens with two attached hydrogens (primary N) is 1. The van der Waals surface area contributed by atoms with Crippen LogP contribution in [0, 0.1) is 5.82 Å². The van der Waals surface area contributed by atoms with Gasteiger partial charge < -0.3 is 4.79 Å². The molecule has 0 aliphatic carbocycles. The van der Waals surface area contributed by atoms with Gasteiger partial charge in [-0.15, -0.1) is 0 Å². The maximum absolute atomic E-state index is 13.0. The average Bonchev–Trinajstić information content (AvgIpc) is 2.29. The molecule has 0 amide bonds. The van der Waals surface area contributed by atoms with Gasteiger partial charge in [0, 0.05) is 16.9 Å². The van der Waals surface area contributed by atoms with Gasteiger partial charge in [-0.1, -0.05) is 22.0 Å². The van der Waals surface area contributed by atoms with Gasteiger partial charge in [0.1, 0.15) is 12.1 Å². The number of rotatable bonds is 2. The molecule has 0 bridgehead atoms. The van der Waals surface area contributed by atoms with Gasteiger partial charge in [0.25, 0.3) is 0 Å². The van der Waals surface area contributed by atoms with E-state index in [1.807, 2.05) is 0 Å². The molecule has 2 unspecified atom stereocenters. The van der Waals surface area contributed by atoms with Gasteiger partial charge in [-0.25, -0.2) is 9.40 Å². The number of benzene rings is 1. The topological polar surface area (TPSA) is 46.3 Å². The lowest BCUT2D eigenvalue weighted by Gasteiger charge is -2.35. The van der Waals surface area contributed by atoms with Crippen molar-refractivity contribution in [1.29, 1.82) is 0 Å². The quantitative estimate of drug-likeness (QED) is 0.673. The van der Waals surface area contributed by atoms with Crippen molar-refractivity contribution in [2.45, 2.75) is 24.8 Å². The molecule has 1 aliphatic rings. The zero-order chi connectivity index (χ0) is 12.4. The summed E-state index contributed by atoms with van der Waals surface area (Å²) >= 11 is 3.34. The van der Waals surface area contributed by atoms with Crippen LogP contribution in [0.2, 0.25) is 0 Å². The predicted molar refractivity (Wildman–Crippen MR) is 66.8 cm³/mol. The van der Waals surface area contributed by atoms with Gasteiger partial charge in [-0.2, -0.15) is 0 Å². The number of piperidine rings is 1. The van der Waals surface area contributed by atoms with Crippen LogP contribution in [0.1, 0.15) is 24.3 Å². The van der Waals surface area contributed by atoms with Crippen LogP contribution in [0.5, 0.6) is 0 Å². The van der Waals surface area contributed by atoms with E-state index >= 15 is 0 Å². The molecule has 1 aliphatic heterocycles. The number of hydrogen-bond donors (Lipinski definition) is 1. The van der Waals surface area contributed by atoms with Crippen molar-refractivity contribution >= 4 is 22.2 Å². The number of hydrogen-bond acceptors (Lipinski definition) is 3. The standard InChI is InChI=1S/C12H14BrFN2O/c13-11-6-8(14)3-4-9(11)10-2-1-5-16(15)12(10)7-17/h3-4,6-7,10,12H,1-2,5,15H2. The number of nitrogens with zero attached hydrogens (tertiary/aromatic N) is 1. The molecule has 1 aromatic carbocycles. The summed E-state index contributed by atoms with van der Waals surface area (Å²) in [7, 11) is 0. The summed E-state index contributed by atoms with van der Waals surface area (Å²) in [5.74, 6) is 5.55. The van der Waals surface area contributed by atoms with E-state index in [0.29, 0.717) is 4.47 Å². The van der Waals surface area contributed by atoms with Crippen LogP contribution in [0.4, 0.5) is 4.39 Å². The summed E-state index contributed by atoms with van der Waals surface area (Å²) in [6.45, 7) is 0.721. The highest BCUT2D eigenvalue weighted by Gasteiger charge is 2.31. The van der Waals surface area contributed by atoms with Crippen molar-refractivity contribution in [2.75, 3.05) is 6.54 Å². The Labute approximate surface area is 108 Å². The Morgan fingerprint density at radius 2 is 2.29 bits per heavy atom. The molecule has 1 heterocycles. The second kappa shape index (κ2) is 5.25. The van der Waals surface area contributed by atoms with E-state index < -0.39 is 0 Å². The zero-order valence-electron chi connectivity index (χ0n) is 9.27. The van der Waals surface area contributed by atoms with E-state index in [1.54, 1.807) is 11.1 Å². The molecular weight excluding hydrogens is 287 g/mol. The smallest absolute Gasteiger partial charge is 0.139 e. The lowest BCUT2D eigenvalue weighted by Crippen LogP contribution is -2.49. The lowest BCUT2D eigenvalue weighted by molar-refractivity contribution is -0.114. The van der Waals surface area contributed by atoms with Crippen LogP contribution < -0.4 is 5.84 Å². The molecule has 3 nitrogen and oxygen atoms in total. The first-order valence-corrected chi connectivity index (χ1v) is 6.34. The van der Waals surface area contributed by atoms with Gasteiger partial charge >= 0.3 is 0 Å². The first kappa shape index (κ1) is 12.7. The van der Waals surface area contributed by atoms with Crippen molar-refractivity contribution in [3.05, 3.63) is 34.1 Å². The first-order valence-electron chi connectivity index (χ1n) is 5.55. The molecule has 2 N–H and O–H groups in total. The molecule has 2 atom stereocenters. The van der Waals surface area contributed by atoms with Crippen molar-refractivity contribution < 1.29 is 9.18 Å². The van der Waals surface area contributed by atoms with Crippen molar-refractivity contribution in [1.82, 2.24) is 5.01 Å². The van der Waals surface area contributed by atoms with E-state index in [2.05, 4.69) is 15.9 Å². The summed E-state index contributed by atoms with van der Waals surface area (Å²) in [5, 5.41) is 1.57. The average molecular weight is 301 g/mol. The third kappa shape index (κ3) is 2.56. The summed E-state index contributed by atoms with van der Waals surface area (Å²) < 4.78 is 13.7. The Morgan fingerprint density at radius 1 is 1.53 bits per heavy atom. The fraction of sp³-hybridized carbons (Fsp3) is 0.417. The minimum absolute atomic E-state index is 0.0289. The Balaban J connectivity index is 2.33. The second-order valence-electron chi connectivity index (χ2n) is 4.28. The fourth-order valence-corrected chi connectivity index (χ4v) is 3.00. The summed E-state index contributed by atoms with van der Waals surface area (Å²) in [5.41, 5.74) is 0.943. The van der Waals surface area contributed by atoms with Gasteiger partial charge in [-0.3, -0.25) is 5.84 Å². The largest absolute Gasteiger partial charge is 0.302 e. The first-order chi connectivity index (χ1) is 8.13. The maximum Gasteiger partial charge on any atom is 0.139 e. The molecule has 1 saturated heterocycles. The van der Waals surface area contributed by atoms with Crippen LogP contribution in [0.3, 0.4) is 0 Å². The predicted octanol–water partition coefficient (Wildman–Crippen LogP) is 2.21. The monoisotopic (exact) mass is 300 g/mol. The molecule has 2 rings (SSSR count). The van der Waals surface area contributed by atoms with Gasteiger partial charge in [-0.05, 0) is 30.5 Å². The number of carbonyl (C=O) groups is 1. The molecule has 1 aromatic rings. The fourth-order valence-electron chi connectivity index (χ4n) is 2.36. The van der Waals surface area contributed by atoms with Crippen LogP contribution in [-0.4, -0.2) is 23.9 Å². The molecule has 17 heavy (non-hydrogen) atoms. The van der Waals surface area contributed by atoms with Crippen LogP contribution >= 0.6 is 15.9 Å². The van der Waals surface area contributed by atoms with E-state index in [-0.39, 0.29) is 17.8 Å². The lowest BCUT2D eigenvalue weighted by atomic mass is 9.85. The third-order valence-electron chi connectivity index (χ3n) is 3.23. The third-order valence-corrected chi connectivity index (χ3v) is 3.91. The van der Waals surface area contributed by atoms with Gasteiger partial charge in [0.15, 0.2) is 0 Å². The van der Waals surface area contributed by atoms with E-state index in [9.17, 15) is 9.18 Å².